The van der Waals surface area contributed by atoms with Gasteiger partial charge >= 0.3 is 0 Å². The molecule has 0 aliphatic carbocycles. The van der Waals surface area contributed by atoms with E-state index < -0.39 is 0 Å². The Hall–Kier alpha value is -1.61. The first kappa shape index (κ1) is 9.93. The van der Waals surface area contributed by atoms with Crippen molar-refractivity contribution in [2.45, 2.75) is 19.4 Å². The predicted molar refractivity (Wildman–Crippen MR) is 58.4 cm³/mol. The second kappa shape index (κ2) is 4.28. The van der Waals surface area contributed by atoms with Crippen molar-refractivity contribution in [2.75, 3.05) is 0 Å². The van der Waals surface area contributed by atoms with E-state index in [1.54, 1.807) is 6.20 Å². The molecule has 1 unspecified atom stereocenters. The van der Waals surface area contributed by atoms with Crippen LogP contribution in [0.1, 0.15) is 30.2 Å². The van der Waals surface area contributed by atoms with Crippen molar-refractivity contribution in [3.05, 3.63) is 53.7 Å². The van der Waals surface area contributed by atoms with E-state index in [1.807, 2.05) is 25.1 Å². The number of benzene rings is 1. The highest BCUT2D eigenvalue weighted by Gasteiger charge is 2.07. The van der Waals surface area contributed by atoms with Gasteiger partial charge < -0.3 is 10.2 Å². The number of oxazole rings is 1. The molecule has 2 N–H and O–H groups in total. The summed E-state index contributed by atoms with van der Waals surface area (Å²) < 4.78 is 5.51. The van der Waals surface area contributed by atoms with Gasteiger partial charge in [-0.05, 0) is 12.5 Å². The van der Waals surface area contributed by atoms with Gasteiger partial charge in [-0.1, -0.05) is 30.3 Å². The van der Waals surface area contributed by atoms with Crippen LogP contribution in [0.15, 0.2) is 40.9 Å². The maximum Gasteiger partial charge on any atom is 0.211 e. The van der Waals surface area contributed by atoms with Gasteiger partial charge in [-0.3, -0.25) is 0 Å². The Balaban J connectivity index is 2.12. The molecule has 15 heavy (non-hydrogen) atoms. The van der Waals surface area contributed by atoms with Crippen LogP contribution in [0.4, 0.5) is 0 Å². The zero-order valence-corrected chi connectivity index (χ0v) is 8.68. The summed E-state index contributed by atoms with van der Waals surface area (Å²) in [5, 5.41) is 0. The SMILES string of the molecule is CC(N)c1ncc(Cc2ccccc2)o1. The maximum absolute atomic E-state index is 5.66. The molecular weight excluding hydrogens is 188 g/mol. The lowest BCUT2D eigenvalue weighted by Crippen LogP contribution is -2.04. The highest BCUT2D eigenvalue weighted by Crippen LogP contribution is 2.13. The van der Waals surface area contributed by atoms with Crippen molar-refractivity contribution < 1.29 is 4.42 Å². The number of hydrogen-bond acceptors (Lipinski definition) is 3. The second-order valence-corrected chi connectivity index (χ2v) is 3.62. The van der Waals surface area contributed by atoms with Crippen LogP contribution in [-0.2, 0) is 6.42 Å². The van der Waals surface area contributed by atoms with Crippen molar-refractivity contribution in [3.63, 3.8) is 0 Å². The fourth-order valence-corrected chi connectivity index (χ4v) is 1.41. The molecule has 0 radical (unpaired) electrons. The fraction of sp³-hybridized carbons (Fsp3) is 0.250. The summed E-state index contributed by atoms with van der Waals surface area (Å²) in [6, 6.07) is 10.0. The topological polar surface area (TPSA) is 52.0 Å². The van der Waals surface area contributed by atoms with Crippen molar-refractivity contribution in [2.24, 2.45) is 5.73 Å². The van der Waals surface area contributed by atoms with Gasteiger partial charge in [0, 0.05) is 6.42 Å². The summed E-state index contributed by atoms with van der Waals surface area (Å²) in [6.07, 6.45) is 2.51. The molecule has 0 saturated carbocycles. The Bertz CT molecular complexity index is 420. The van der Waals surface area contributed by atoms with E-state index in [9.17, 15) is 0 Å². The molecule has 1 heterocycles. The normalized spacial score (nSPS) is 12.7. The highest BCUT2D eigenvalue weighted by molar-refractivity contribution is 5.19. The molecule has 1 aromatic heterocycles. The van der Waals surface area contributed by atoms with E-state index in [2.05, 4.69) is 17.1 Å². The minimum absolute atomic E-state index is 0.144. The van der Waals surface area contributed by atoms with E-state index >= 15 is 0 Å². The van der Waals surface area contributed by atoms with Gasteiger partial charge in [0.05, 0.1) is 12.2 Å². The third kappa shape index (κ3) is 2.44. The van der Waals surface area contributed by atoms with Gasteiger partial charge in [0.15, 0.2) is 0 Å². The predicted octanol–water partition coefficient (Wildman–Crippen LogP) is 2.29. The summed E-state index contributed by atoms with van der Waals surface area (Å²) in [5.74, 6) is 1.45. The molecular formula is C12H14N2O. The Labute approximate surface area is 88.9 Å². The molecule has 0 aliphatic rings. The van der Waals surface area contributed by atoms with Crippen LogP contribution in [0.5, 0.6) is 0 Å². The van der Waals surface area contributed by atoms with Gasteiger partial charge in [0.2, 0.25) is 5.89 Å². The van der Waals surface area contributed by atoms with Crippen molar-refractivity contribution in [1.82, 2.24) is 4.98 Å². The molecule has 3 heteroatoms. The van der Waals surface area contributed by atoms with Crippen LogP contribution < -0.4 is 5.73 Å². The third-order valence-electron chi connectivity index (χ3n) is 2.18. The zero-order valence-electron chi connectivity index (χ0n) is 8.68. The smallest absolute Gasteiger partial charge is 0.211 e. The van der Waals surface area contributed by atoms with Crippen molar-refractivity contribution in [1.29, 1.82) is 0 Å². The Morgan fingerprint density at radius 1 is 1.33 bits per heavy atom. The number of aromatic nitrogens is 1. The molecule has 0 saturated heterocycles. The minimum atomic E-state index is -0.144. The van der Waals surface area contributed by atoms with Crippen LogP contribution in [-0.4, -0.2) is 4.98 Å². The molecule has 2 rings (SSSR count). The summed E-state index contributed by atoms with van der Waals surface area (Å²) >= 11 is 0. The van der Waals surface area contributed by atoms with E-state index in [4.69, 9.17) is 10.2 Å². The lowest BCUT2D eigenvalue weighted by atomic mass is 10.1. The summed E-state index contributed by atoms with van der Waals surface area (Å²) in [6.45, 7) is 1.86. The van der Waals surface area contributed by atoms with Crippen molar-refractivity contribution in [3.8, 4) is 0 Å². The molecule has 0 amide bonds. The van der Waals surface area contributed by atoms with Crippen LogP contribution in [0.3, 0.4) is 0 Å². The minimum Gasteiger partial charge on any atom is -0.444 e. The van der Waals surface area contributed by atoms with E-state index in [0.29, 0.717) is 5.89 Å². The molecule has 1 atom stereocenters. The largest absolute Gasteiger partial charge is 0.444 e. The molecule has 2 aromatic rings. The molecule has 0 spiro atoms. The van der Waals surface area contributed by atoms with Crippen LogP contribution in [0.25, 0.3) is 0 Å². The summed E-state index contributed by atoms with van der Waals surface area (Å²) in [4.78, 5) is 4.12. The van der Waals surface area contributed by atoms with Gasteiger partial charge in [0.25, 0.3) is 0 Å². The summed E-state index contributed by atoms with van der Waals surface area (Å²) in [5.41, 5.74) is 6.88. The van der Waals surface area contributed by atoms with E-state index in [0.717, 1.165) is 12.2 Å². The zero-order chi connectivity index (χ0) is 10.7. The first-order valence-electron chi connectivity index (χ1n) is 5.00. The molecule has 1 aromatic carbocycles. The average Bonchev–Trinajstić information content (AvgIpc) is 2.68. The lowest BCUT2D eigenvalue weighted by Gasteiger charge is -1.98. The number of hydrogen-bond donors (Lipinski definition) is 1. The standard InChI is InChI=1S/C12H14N2O/c1-9(13)12-14-8-11(15-12)7-10-5-3-2-4-6-10/h2-6,8-9H,7,13H2,1H3. The van der Waals surface area contributed by atoms with Gasteiger partial charge in [-0.25, -0.2) is 4.98 Å². The molecule has 0 bridgehead atoms. The first-order chi connectivity index (χ1) is 7.25. The third-order valence-corrected chi connectivity index (χ3v) is 2.18. The second-order valence-electron chi connectivity index (χ2n) is 3.62. The van der Waals surface area contributed by atoms with Gasteiger partial charge in [-0.15, -0.1) is 0 Å². The first-order valence-corrected chi connectivity index (χ1v) is 5.00. The van der Waals surface area contributed by atoms with Crippen LogP contribution in [0, 0.1) is 0 Å². The molecule has 3 nitrogen and oxygen atoms in total. The Kier molecular flexibility index (Phi) is 2.83. The number of rotatable bonds is 3. The highest BCUT2D eigenvalue weighted by atomic mass is 16.4. The molecule has 0 fully saturated rings. The van der Waals surface area contributed by atoms with Gasteiger partial charge in [-0.2, -0.15) is 0 Å². The number of nitrogens with two attached hydrogens (primary N) is 1. The number of nitrogens with zero attached hydrogens (tertiary/aromatic N) is 1. The maximum atomic E-state index is 5.66. The molecule has 0 aliphatic heterocycles. The Morgan fingerprint density at radius 2 is 2.07 bits per heavy atom. The molecule has 78 valence electrons. The van der Waals surface area contributed by atoms with E-state index in [-0.39, 0.29) is 6.04 Å². The quantitative estimate of drug-likeness (QED) is 0.830. The lowest BCUT2D eigenvalue weighted by molar-refractivity contribution is 0.436. The average molecular weight is 202 g/mol. The van der Waals surface area contributed by atoms with E-state index in [1.165, 1.54) is 5.56 Å². The fourth-order valence-electron chi connectivity index (χ4n) is 1.41. The van der Waals surface area contributed by atoms with Crippen molar-refractivity contribution >= 4 is 0 Å². The monoisotopic (exact) mass is 202 g/mol. The van der Waals surface area contributed by atoms with Crippen LogP contribution in [0.2, 0.25) is 0 Å². The van der Waals surface area contributed by atoms with Crippen LogP contribution >= 0.6 is 0 Å². The van der Waals surface area contributed by atoms with Gasteiger partial charge in [0.1, 0.15) is 5.76 Å². The Morgan fingerprint density at radius 3 is 2.67 bits per heavy atom. The summed E-state index contributed by atoms with van der Waals surface area (Å²) in [7, 11) is 0.